The molecule has 7 heteroatoms. The number of amides is 1. The first-order valence-corrected chi connectivity index (χ1v) is 11.7. The molecule has 1 N–H and O–H groups in total. The van der Waals surface area contributed by atoms with Crippen molar-refractivity contribution in [1.82, 2.24) is 20.1 Å². The van der Waals surface area contributed by atoms with Crippen molar-refractivity contribution in [2.75, 3.05) is 5.75 Å². The zero-order chi connectivity index (χ0) is 20.5. The molecule has 0 aliphatic heterocycles. The van der Waals surface area contributed by atoms with Crippen LogP contribution in [0.4, 0.5) is 0 Å². The van der Waals surface area contributed by atoms with Crippen molar-refractivity contribution in [2.45, 2.75) is 48.8 Å². The highest BCUT2D eigenvalue weighted by atomic mass is 35.5. The van der Waals surface area contributed by atoms with E-state index >= 15 is 0 Å². The van der Waals surface area contributed by atoms with Crippen LogP contribution in [-0.2, 0) is 4.79 Å². The smallest absolute Gasteiger partial charge is 0.231 e. The lowest BCUT2D eigenvalue weighted by Gasteiger charge is -2.20. The molecule has 0 radical (unpaired) electrons. The van der Waals surface area contributed by atoms with Crippen molar-refractivity contribution in [2.24, 2.45) is 0 Å². The number of hydrogen-bond acceptors (Lipinski definition) is 4. The Morgan fingerprint density at radius 3 is 2.40 bits per heavy atom. The summed E-state index contributed by atoms with van der Waals surface area (Å²) in [6, 6.07) is 17.9. The second-order valence-corrected chi connectivity index (χ2v) is 9.35. The van der Waals surface area contributed by atoms with E-state index in [1.54, 1.807) is 0 Å². The summed E-state index contributed by atoms with van der Waals surface area (Å²) in [6.07, 6.45) is 4.78. The van der Waals surface area contributed by atoms with Gasteiger partial charge >= 0.3 is 0 Å². The molecule has 1 heterocycles. The molecule has 0 saturated heterocycles. The first kappa shape index (κ1) is 19.6. The zero-order valence-corrected chi connectivity index (χ0v) is 18.1. The van der Waals surface area contributed by atoms with Crippen molar-refractivity contribution >= 4 is 29.3 Å². The Labute approximate surface area is 185 Å². The molecule has 3 aromatic rings. The summed E-state index contributed by atoms with van der Waals surface area (Å²) < 4.78 is 2.28. The molecule has 0 spiro atoms. The van der Waals surface area contributed by atoms with Crippen molar-refractivity contribution in [3.63, 3.8) is 0 Å². The van der Waals surface area contributed by atoms with Crippen LogP contribution < -0.4 is 5.32 Å². The Morgan fingerprint density at radius 2 is 1.73 bits per heavy atom. The molecule has 2 aliphatic rings. The molecular formula is C23H23ClN4OS. The van der Waals surface area contributed by atoms with Crippen LogP contribution in [0.1, 0.15) is 60.6 Å². The van der Waals surface area contributed by atoms with Gasteiger partial charge in [-0.15, -0.1) is 10.2 Å². The maximum Gasteiger partial charge on any atom is 0.231 e. The quantitative estimate of drug-likeness (QED) is 0.494. The number of benzene rings is 2. The highest BCUT2D eigenvalue weighted by molar-refractivity contribution is 7.99. The lowest BCUT2D eigenvalue weighted by molar-refractivity contribution is -0.119. The normalized spacial score (nSPS) is 17.0. The maximum absolute atomic E-state index is 12.9. The largest absolute Gasteiger partial charge is 0.344 e. The third kappa shape index (κ3) is 4.40. The molecule has 2 aromatic carbocycles. The summed E-state index contributed by atoms with van der Waals surface area (Å²) >= 11 is 7.53. The van der Waals surface area contributed by atoms with E-state index in [1.165, 1.54) is 37.4 Å². The summed E-state index contributed by atoms with van der Waals surface area (Å²) in [4.78, 5) is 12.9. The lowest BCUT2D eigenvalue weighted by Crippen LogP contribution is -2.30. The van der Waals surface area contributed by atoms with Gasteiger partial charge in [-0.3, -0.25) is 4.79 Å². The Hall–Kier alpha value is -2.31. The molecule has 1 aromatic heterocycles. The van der Waals surface area contributed by atoms with Gasteiger partial charge in [0.2, 0.25) is 5.91 Å². The monoisotopic (exact) mass is 438 g/mol. The van der Waals surface area contributed by atoms with Gasteiger partial charge in [0.05, 0.1) is 11.8 Å². The molecular weight excluding hydrogens is 416 g/mol. The predicted molar refractivity (Wildman–Crippen MR) is 119 cm³/mol. The van der Waals surface area contributed by atoms with Gasteiger partial charge in [0.15, 0.2) is 5.16 Å². The number of carbonyl (C=O) groups excluding carboxylic acids is 1. The molecule has 154 valence electrons. The van der Waals surface area contributed by atoms with Crippen molar-refractivity contribution in [1.29, 1.82) is 0 Å². The lowest BCUT2D eigenvalue weighted by atomic mass is 9.99. The second kappa shape index (κ2) is 8.44. The van der Waals surface area contributed by atoms with Gasteiger partial charge in [-0.1, -0.05) is 65.8 Å². The predicted octanol–water partition coefficient (Wildman–Crippen LogP) is 5.14. The Kier molecular flexibility index (Phi) is 5.52. The van der Waals surface area contributed by atoms with Crippen molar-refractivity contribution in [3.05, 3.63) is 76.6 Å². The van der Waals surface area contributed by atoms with Gasteiger partial charge < -0.3 is 9.88 Å². The molecule has 5 rings (SSSR count). The van der Waals surface area contributed by atoms with Gasteiger partial charge in [0.25, 0.3) is 0 Å². The van der Waals surface area contributed by atoms with Crippen molar-refractivity contribution < 1.29 is 4.79 Å². The van der Waals surface area contributed by atoms with Crippen LogP contribution in [0.15, 0.2) is 59.8 Å². The Morgan fingerprint density at radius 1 is 1.03 bits per heavy atom. The second-order valence-electron chi connectivity index (χ2n) is 7.97. The van der Waals surface area contributed by atoms with E-state index in [9.17, 15) is 4.79 Å². The molecule has 0 bridgehead atoms. The van der Waals surface area contributed by atoms with E-state index in [0.717, 1.165) is 22.1 Å². The summed E-state index contributed by atoms with van der Waals surface area (Å²) in [7, 11) is 0. The highest BCUT2D eigenvalue weighted by Gasteiger charge is 2.36. The average molecular weight is 439 g/mol. The molecule has 2 fully saturated rings. The third-order valence-corrected chi connectivity index (χ3v) is 6.71. The SMILES string of the molecule is O=C(CSc1nnc(C2CC2)n1C1CC1)NC(c1ccccc1)c1ccc(Cl)cc1. The zero-order valence-electron chi connectivity index (χ0n) is 16.5. The number of thioether (sulfide) groups is 1. The minimum atomic E-state index is -0.222. The van der Waals surface area contributed by atoms with E-state index in [0.29, 0.717) is 22.7 Å². The van der Waals surface area contributed by atoms with Crippen molar-refractivity contribution in [3.8, 4) is 0 Å². The van der Waals surface area contributed by atoms with Crippen LogP contribution in [0.3, 0.4) is 0 Å². The summed E-state index contributed by atoms with van der Waals surface area (Å²) in [6.45, 7) is 0. The first-order valence-electron chi connectivity index (χ1n) is 10.4. The number of nitrogens with one attached hydrogen (secondary N) is 1. The van der Waals surface area contributed by atoms with E-state index in [1.807, 2.05) is 54.6 Å². The molecule has 1 unspecified atom stereocenters. The Balaban J connectivity index is 1.30. The summed E-state index contributed by atoms with van der Waals surface area (Å²) in [5.41, 5.74) is 2.04. The first-order chi connectivity index (χ1) is 14.7. The van der Waals surface area contributed by atoms with Gasteiger partial charge in [-0.25, -0.2) is 0 Å². The fraction of sp³-hybridized carbons (Fsp3) is 0.348. The minimum absolute atomic E-state index is 0.0258. The number of nitrogens with zero attached hydrogens (tertiary/aromatic N) is 3. The van der Waals surface area contributed by atoms with E-state index in [-0.39, 0.29) is 11.9 Å². The highest BCUT2D eigenvalue weighted by Crippen LogP contribution is 2.46. The standard InChI is InChI=1S/C23H23ClN4OS/c24-18-10-8-16(9-11-18)21(15-4-2-1-3-5-15)25-20(29)14-30-23-27-26-22(17-6-7-17)28(23)19-12-13-19/h1-5,8-11,17,19,21H,6-7,12-14H2,(H,25,29). The van der Waals surface area contributed by atoms with E-state index < -0.39 is 0 Å². The summed E-state index contributed by atoms with van der Waals surface area (Å²) in [5.74, 6) is 1.96. The Bertz CT molecular complexity index is 1030. The molecule has 1 atom stereocenters. The van der Waals surface area contributed by atoms with Crippen LogP contribution >= 0.6 is 23.4 Å². The van der Waals surface area contributed by atoms with Crippen LogP contribution in [-0.4, -0.2) is 26.4 Å². The van der Waals surface area contributed by atoms with E-state index in [2.05, 4.69) is 20.1 Å². The maximum atomic E-state index is 12.9. The number of hydrogen-bond donors (Lipinski definition) is 1. The van der Waals surface area contributed by atoms with Crippen LogP contribution in [0, 0.1) is 0 Å². The molecule has 2 saturated carbocycles. The van der Waals surface area contributed by atoms with Crippen LogP contribution in [0.2, 0.25) is 5.02 Å². The summed E-state index contributed by atoms with van der Waals surface area (Å²) in [5, 5.41) is 13.6. The molecule has 2 aliphatic carbocycles. The molecule has 1 amide bonds. The third-order valence-electron chi connectivity index (χ3n) is 5.52. The van der Waals surface area contributed by atoms with Gasteiger partial charge in [-0.05, 0) is 48.9 Å². The average Bonchev–Trinajstić information content (AvgIpc) is 3.71. The van der Waals surface area contributed by atoms with Gasteiger partial charge in [0.1, 0.15) is 5.82 Å². The number of aromatic nitrogens is 3. The van der Waals surface area contributed by atoms with Crippen LogP contribution in [0.25, 0.3) is 0 Å². The van der Waals surface area contributed by atoms with Crippen LogP contribution in [0.5, 0.6) is 0 Å². The van der Waals surface area contributed by atoms with Gasteiger partial charge in [-0.2, -0.15) is 0 Å². The molecule has 5 nitrogen and oxygen atoms in total. The minimum Gasteiger partial charge on any atom is -0.344 e. The van der Waals surface area contributed by atoms with E-state index in [4.69, 9.17) is 11.6 Å². The topological polar surface area (TPSA) is 59.8 Å². The fourth-order valence-corrected chi connectivity index (χ4v) is 4.62. The number of halogens is 1. The van der Waals surface area contributed by atoms with Gasteiger partial charge in [0, 0.05) is 17.0 Å². The fourth-order valence-electron chi connectivity index (χ4n) is 3.68. The number of carbonyl (C=O) groups is 1. The molecule has 30 heavy (non-hydrogen) atoms. The number of rotatable bonds is 8.